The Labute approximate surface area is 126 Å². The number of benzene rings is 1. The van der Waals surface area contributed by atoms with Gasteiger partial charge in [0, 0.05) is 13.7 Å². The molecular formula is C16H24N2O3. The maximum absolute atomic E-state index is 12.5. The minimum Gasteiger partial charge on any atom is -0.489 e. The Kier molecular flexibility index (Phi) is 5.20. The van der Waals surface area contributed by atoms with Crippen LogP contribution in [0.2, 0.25) is 0 Å². The molecule has 5 nitrogen and oxygen atoms in total. The number of aryl methyl sites for hydroxylation is 1. The van der Waals surface area contributed by atoms with Crippen LogP contribution in [-0.2, 0) is 9.53 Å². The molecule has 2 rings (SSSR count). The predicted octanol–water partition coefficient (Wildman–Crippen LogP) is 1.96. The lowest BCUT2D eigenvalue weighted by atomic mass is 9.88. The zero-order chi connectivity index (χ0) is 15.3. The highest BCUT2D eigenvalue weighted by atomic mass is 16.5. The van der Waals surface area contributed by atoms with Gasteiger partial charge in [-0.1, -0.05) is 6.07 Å². The van der Waals surface area contributed by atoms with E-state index in [1.165, 1.54) is 0 Å². The topological polar surface area (TPSA) is 59.6 Å². The molecule has 1 amide bonds. The van der Waals surface area contributed by atoms with Crippen molar-refractivity contribution in [2.45, 2.75) is 20.3 Å². The third-order valence-electron chi connectivity index (χ3n) is 3.85. The van der Waals surface area contributed by atoms with Gasteiger partial charge in [0.05, 0.1) is 17.7 Å². The third kappa shape index (κ3) is 3.95. The van der Waals surface area contributed by atoms with Crippen LogP contribution in [0, 0.1) is 12.3 Å². The molecule has 5 heteroatoms. The minimum absolute atomic E-state index is 0.0351. The van der Waals surface area contributed by atoms with Gasteiger partial charge in [0.25, 0.3) is 0 Å². The van der Waals surface area contributed by atoms with Crippen molar-refractivity contribution >= 4 is 11.6 Å². The molecule has 1 aliphatic heterocycles. The normalized spacial score (nSPS) is 21.3. The molecule has 1 aromatic rings. The van der Waals surface area contributed by atoms with Gasteiger partial charge in [-0.2, -0.15) is 0 Å². The van der Waals surface area contributed by atoms with Gasteiger partial charge >= 0.3 is 0 Å². The molecule has 1 atom stereocenters. The molecule has 1 fully saturated rings. The first-order chi connectivity index (χ1) is 10.0. The minimum atomic E-state index is -0.352. The van der Waals surface area contributed by atoms with Crippen LogP contribution in [0.25, 0.3) is 0 Å². The molecule has 0 aromatic heterocycles. The second kappa shape index (κ2) is 6.91. The van der Waals surface area contributed by atoms with Crippen LogP contribution in [0.1, 0.15) is 18.9 Å². The summed E-state index contributed by atoms with van der Waals surface area (Å²) in [5.41, 5.74) is 1.46. The Bertz CT molecular complexity index is 496. The monoisotopic (exact) mass is 292 g/mol. The molecule has 0 bridgehead atoms. The highest BCUT2D eigenvalue weighted by molar-refractivity contribution is 5.96. The second-order valence-corrected chi connectivity index (χ2v) is 5.78. The molecule has 1 saturated heterocycles. The van der Waals surface area contributed by atoms with Crippen LogP contribution in [0.5, 0.6) is 5.75 Å². The zero-order valence-electron chi connectivity index (χ0n) is 13.0. The largest absolute Gasteiger partial charge is 0.489 e. The van der Waals surface area contributed by atoms with E-state index in [9.17, 15) is 4.79 Å². The summed E-state index contributed by atoms with van der Waals surface area (Å²) in [6.45, 7) is 6.56. The van der Waals surface area contributed by atoms with Gasteiger partial charge < -0.3 is 20.1 Å². The van der Waals surface area contributed by atoms with Crippen molar-refractivity contribution in [3.05, 3.63) is 23.8 Å². The lowest BCUT2D eigenvalue weighted by Gasteiger charge is -2.22. The maximum atomic E-state index is 12.5. The Balaban J connectivity index is 2.09. The SMILES string of the molecule is COCCOc1cc(C)ccc1NC(=O)C1(C)CCNC1. The molecule has 0 spiro atoms. The number of carbonyl (C=O) groups is 1. The van der Waals surface area contributed by atoms with Gasteiger partial charge in [-0.25, -0.2) is 0 Å². The smallest absolute Gasteiger partial charge is 0.231 e. The molecule has 0 saturated carbocycles. The van der Waals surface area contributed by atoms with E-state index in [0.29, 0.717) is 25.5 Å². The molecule has 116 valence electrons. The Morgan fingerprint density at radius 3 is 2.90 bits per heavy atom. The Morgan fingerprint density at radius 1 is 1.43 bits per heavy atom. The van der Waals surface area contributed by atoms with Crippen LogP contribution in [-0.4, -0.2) is 39.3 Å². The third-order valence-corrected chi connectivity index (χ3v) is 3.85. The first kappa shape index (κ1) is 15.8. The van der Waals surface area contributed by atoms with Crippen LogP contribution >= 0.6 is 0 Å². The van der Waals surface area contributed by atoms with E-state index in [1.807, 2.05) is 32.0 Å². The number of carbonyl (C=O) groups excluding carboxylic acids is 1. The number of amides is 1. The summed E-state index contributed by atoms with van der Waals surface area (Å²) in [5.74, 6) is 0.725. The van der Waals surface area contributed by atoms with Gasteiger partial charge in [0.15, 0.2) is 0 Å². The standard InChI is InChI=1S/C16H24N2O3/c1-12-4-5-13(14(10-12)21-9-8-20-3)18-15(19)16(2)6-7-17-11-16/h4-5,10,17H,6-9,11H2,1-3H3,(H,18,19). The maximum Gasteiger partial charge on any atom is 0.231 e. The summed E-state index contributed by atoms with van der Waals surface area (Å²) in [6, 6.07) is 5.79. The molecule has 21 heavy (non-hydrogen) atoms. The number of rotatable bonds is 6. The van der Waals surface area contributed by atoms with Crippen LogP contribution < -0.4 is 15.4 Å². The van der Waals surface area contributed by atoms with Gasteiger partial charge in [0.2, 0.25) is 5.91 Å². The van der Waals surface area contributed by atoms with E-state index in [0.717, 1.165) is 24.2 Å². The number of methoxy groups -OCH3 is 1. The molecule has 1 heterocycles. The number of hydrogen-bond acceptors (Lipinski definition) is 4. The van der Waals surface area contributed by atoms with Crippen molar-refractivity contribution in [3.8, 4) is 5.75 Å². The van der Waals surface area contributed by atoms with Crippen molar-refractivity contribution in [1.82, 2.24) is 5.32 Å². The lowest BCUT2D eigenvalue weighted by Crippen LogP contribution is -2.35. The van der Waals surface area contributed by atoms with E-state index < -0.39 is 0 Å². The van der Waals surface area contributed by atoms with E-state index in [4.69, 9.17) is 9.47 Å². The van der Waals surface area contributed by atoms with E-state index >= 15 is 0 Å². The average Bonchev–Trinajstić information content (AvgIpc) is 2.90. The molecule has 1 aliphatic rings. The molecule has 0 radical (unpaired) electrons. The van der Waals surface area contributed by atoms with Crippen molar-refractivity contribution in [1.29, 1.82) is 0 Å². The highest BCUT2D eigenvalue weighted by Crippen LogP contribution is 2.30. The van der Waals surface area contributed by atoms with E-state index in [2.05, 4.69) is 10.6 Å². The first-order valence-corrected chi connectivity index (χ1v) is 7.30. The average molecular weight is 292 g/mol. The first-order valence-electron chi connectivity index (χ1n) is 7.30. The Morgan fingerprint density at radius 2 is 2.24 bits per heavy atom. The molecule has 0 aliphatic carbocycles. The molecule has 1 unspecified atom stereocenters. The van der Waals surface area contributed by atoms with E-state index in [1.54, 1.807) is 7.11 Å². The number of hydrogen-bond donors (Lipinski definition) is 2. The van der Waals surface area contributed by atoms with Crippen molar-refractivity contribution in [2.24, 2.45) is 5.41 Å². The summed E-state index contributed by atoms with van der Waals surface area (Å²) in [4.78, 5) is 12.5. The predicted molar refractivity (Wildman–Crippen MR) is 82.8 cm³/mol. The van der Waals surface area contributed by atoms with Gasteiger partial charge in [-0.15, -0.1) is 0 Å². The molecular weight excluding hydrogens is 268 g/mol. The summed E-state index contributed by atoms with van der Waals surface area (Å²) in [5, 5.41) is 6.24. The zero-order valence-corrected chi connectivity index (χ0v) is 13.0. The van der Waals surface area contributed by atoms with Gasteiger partial charge in [0.1, 0.15) is 12.4 Å². The number of nitrogens with one attached hydrogen (secondary N) is 2. The fourth-order valence-electron chi connectivity index (χ4n) is 2.37. The van der Waals surface area contributed by atoms with Crippen molar-refractivity contribution in [3.63, 3.8) is 0 Å². The molecule has 1 aromatic carbocycles. The molecule has 2 N–H and O–H groups in total. The quantitative estimate of drug-likeness (QED) is 0.787. The second-order valence-electron chi connectivity index (χ2n) is 5.78. The van der Waals surface area contributed by atoms with Crippen LogP contribution in [0.15, 0.2) is 18.2 Å². The Hall–Kier alpha value is -1.59. The van der Waals surface area contributed by atoms with Gasteiger partial charge in [-0.3, -0.25) is 4.79 Å². The fourth-order valence-corrected chi connectivity index (χ4v) is 2.37. The highest BCUT2D eigenvalue weighted by Gasteiger charge is 2.36. The lowest BCUT2D eigenvalue weighted by molar-refractivity contribution is -0.123. The number of anilines is 1. The fraction of sp³-hybridized carbons (Fsp3) is 0.562. The van der Waals surface area contributed by atoms with Crippen molar-refractivity contribution in [2.75, 3.05) is 38.7 Å². The van der Waals surface area contributed by atoms with Gasteiger partial charge in [-0.05, 0) is 44.5 Å². The summed E-state index contributed by atoms with van der Waals surface area (Å²) >= 11 is 0. The van der Waals surface area contributed by atoms with Crippen LogP contribution in [0.3, 0.4) is 0 Å². The number of ether oxygens (including phenoxy) is 2. The van der Waals surface area contributed by atoms with Crippen molar-refractivity contribution < 1.29 is 14.3 Å². The van der Waals surface area contributed by atoms with Crippen LogP contribution in [0.4, 0.5) is 5.69 Å². The summed E-state index contributed by atoms with van der Waals surface area (Å²) in [6.07, 6.45) is 0.852. The summed E-state index contributed by atoms with van der Waals surface area (Å²) < 4.78 is 10.7. The van der Waals surface area contributed by atoms with E-state index in [-0.39, 0.29) is 11.3 Å². The summed E-state index contributed by atoms with van der Waals surface area (Å²) in [7, 11) is 1.64.